The third-order valence-electron chi connectivity index (χ3n) is 13.5. The molecule has 70 heavy (non-hydrogen) atoms. The van der Waals surface area contributed by atoms with E-state index in [1.54, 1.807) is 0 Å². The molecular formula is C65H118O5. The highest BCUT2D eigenvalue weighted by Gasteiger charge is 2.17. The lowest BCUT2D eigenvalue weighted by atomic mass is 10.0. The van der Waals surface area contributed by atoms with Gasteiger partial charge < -0.3 is 14.2 Å². The van der Waals surface area contributed by atoms with Gasteiger partial charge in [-0.25, -0.2) is 0 Å². The van der Waals surface area contributed by atoms with Crippen molar-refractivity contribution < 1.29 is 23.8 Å². The Morgan fingerprint density at radius 3 is 1.04 bits per heavy atom. The monoisotopic (exact) mass is 979 g/mol. The number of unbranched alkanes of at least 4 members (excludes halogenated alkanes) is 36. The summed E-state index contributed by atoms with van der Waals surface area (Å²) in [5.41, 5.74) is 0. The van der Waals surface area contributed by atoms with Crippen molar-refractivity contribution in [1.82, 2.24) is 0 Å². The second-order valence-electron chi connectivity index (χ2n) is 20.6. The molecular weight excluding hydrogens is 861 g/mol. The summed E-state index contributed by atoms with van der Waals surface area (Å²) < 4.78 is 17.5. The lowest BCUT2D eigenvalue weighted by Gasteiger charge is -2.18. The number of allylic oxidation sites excluding steroid dienone is 10. The zero-order chi connectivity index (χ0) is 50.6. The number of esters is 2. The Balaban J connectivity index is 4.26. The fourth-order valence-electron chi connectivity index (χ4n) is 8.97. The van der Waals surface area contributed by atoms with Gasteiger partial charge in [0.15, 0.2) is 6.10 Å². The van der Waals surface area contributed by atoms with E-state index in [-0.39, 0.29) is 25.2 Å². The third-order valence-corrected chi connectivity index (χ3v) is 13.5. The second kappa shape index (κ2) is 60.9. The molecule has 0 amide bonds. The molecule has 0 radical (unpaired) electrons. The molecule has 0 spiro atoms. The van der Waals surface area contributed by atoms with Crippen molar-refractivity contribution in [3.05, 3.63) is 60.8 Å². The summed E-state index contributed by atoms with van der Waals surface area (Å²) in [6.07, 6.45) is 78.2. The Hall–Kier alpha value is -2.40. The van der Waals surface area contributed by atoms with Crippen LogP contribution in [0.15, 0.2) is 60.8 Å². The van der Waals surface area contributed by atoms with Crippen molar-refractivity contribution in [2.24, 2.45) is 0 Å². The molecule has 5 heteroatoms. The minimum Gasteiger partial charge on any atom is -0.462 e. The van der Waals surface area contributed by atoms with Crippen molar-refractivity contribution in [2.75, 3.05) is 19.8 Å². The van der Waals surface area contributed by atoms with E-state index in [2.05, 4.69) is 81.5 Å². The number of hydrogen-bond donors (Lipinski definition) is 0. The molecule has 408 valence electrons. The fraction of sp³-hybridized carbons (Fsp3) is 0.815. The van der Waals surface area contributed by atoms with E-state index in [1.165, 1.54) is 205 Å². The minimum absolute atomic E-state index is 0.0800. The Morgan fingerprint density at radius 2 is 0.643 bits per heavy atom. The highest BCUT2D eigenvalue weighted by atomic mass is 16.6. The summed E-state index contributed by atoms with van der Waals surface area (Å²) in [5.74, 6) is -0.397. The first-order valence-electron chi connectivity index (χ1n) is 30.8. The summed E-state index contributed by atoms with van der Waals surface area (Å²) >= 11 is 0. The molecule has 0 aromatic carbocycles. The van der Waals surface area contributed by atoms with Crippen molar-refractivity contribution in [3.8, 4) is 0 Å². The Bertz CT molecular complexity index is 1200. The maximum atomic E-state index is 12.9. The molecule has 0 saturated heterocycles. The van der Waals surface area contributed by atoms with Gasteiger partial charge in [-0.15, -0.1) is 0 Å². The molecule has 0 aromatic rings. The van der Waals surface area contributed by atoms with Crippen LogP contribution in [0.2, 0.25) is 0 Å². The summed E-state index contributed by atoms with van der Waals surface area (Å²) in [6.45, 7) is 7.75. The van der Waals surface area contributed by atoms with Crippen LogP contribution in [0.5, 0.6) is 0 Å². The van der Waals surface area contributed by atoms with Gasteiger partial charge >= 0.3 is 11.9 Å². The van der Waals surface area contributed by atoms with E-state index >= 15 is 0 Å². The molecule has 5 nitrogen and oxygen atoms in total. The van der Waals surface area contributed by atoms with E-state index in [0.717, 1.165) is 77.0 Å². The fourth-order valence-corrected chi connectivity index (χ4v) is 8.97. The number of carbonyl (C=O) groups excluding carboxylic acids is 2. The molecule has 0 N–H and O–H groups in total. The van der Waals surface area contributed by atoms with Crippen LogP contribution in [0.1, 0.15) is 316 Å². The predicted octanol–water partition coefficient (Wildman–Crippen LogP) is 21.2. The van der Waals surface area contributed by atoms with Crippen molar-refractivity contribution in [3.63, 3.8) is 0 Å². The van der Waals surface area contributed by atoms with Crippen LogP contribution in [0.4, 0.5) is 0 Å². The SMILES string of the molecule is CC/C=C\C/C=C\C/C=C\C/C=C\CCCCCCCCC(=O)OCC(COCCCCCCCCCCCC/C=C\CCCCCCCC)OC(=O)CCCCCCCCCCCCCCCCC. The van der Waals surface area contributed by atoms with E-state index in [4.69, 9.17) is 14.2 Å². The first-order chi connectivity index (χ1) is 34.6. The van der Waals surface area contributed by atoms with Gasteiger partial charge in [-0.05, 0) is 83.5 Å². The molecule has 0 bridgehead atoms. The van der Waals surface area contributed by atoms with Gasteiger partial charge in [0, 0.05) is 19.4 Å². The topological polar surface area (TPSA) is 61.8 Å². The van der Waals surface area contributed by atoms with Crippen LogP contribution in [0.25, 0.3) is 0 Å². The van der Waals surface area contributed by atoms with E-state index in [9.17, 15) is 9.59 Å². The van der Waals surface area contributed by atoms with Crippen LogP contribution >= 0.6 is 0 Å². The third kappa shape index (κ3) is 58.2. The molecule has 1 atom stereocenters. The second-order valence-corrected chi connectivity index (χ2v) is 20.6. The van der Waals surface area contributed by atoms with E-state index < -0.39 is 6.10 Å². The molecule has 0 aliphatic carbocycles. The standard InChI is InChI=1S/C65H118O5/c1-4-7-10-13-16-19-22-25-28-30-32-34-36-39-42-45-48-51-54-57-60-68-61-63(70-65(67)59-56-53-50-47-44-41-37-27-24-21-18-15-12-9-6-3)62-69-64(66)58-55-52-49-46-43-40-38-35-33-31-29-26-23-20-17-14-11-8-5-2/h8,11,17,20,25-26,28-29,33,35,63H,4-7,9-10,12-16,18-19,21-24,27,30-32,34,36-62H2,1-3H3/b11-8-,20-17-,28-25-,29-26-,35-33-. The van der Waals surface area contributed by atoms with Crippen molar-refractivity contribution in [1.29, 1.82) is 0 Å². The van der Waals surface area contributed by atoms with Gasteiger partial charge in [0.1, 0.15) is 6.61 Å². The van der Waals surface area contributed by atoms with Crippen LogP contribution in [-0.2, 0) is 23.8 Å². The van der Waals surface area contributed by atoms with Crippen LogP contribution in [-0.4, -0.2) is 37.9 Å². The lowest BCUT2D eigenvalue weighted by Crippen LogP contribution is -2.30. The number of rotatable bonds is 57. The average Bonchev–Trinajstić information content (AvgIpc) is 3.36. The Kier molecular flexibility index (Phi) is 58.8. The molecule has 0 heterocycles. The van der Waals surface area contributed by atoms with Crippen LogP contribution in [0.3, 0.4) is 0 Å². The number of carbonyl (C=O) groups is 2. The summed E-state index contributed by atoms with van der Waals surface area (Å²) in [5, 5.41) is 0. The zero-order valence-corrected chi connectivity index (χ0v) is 47.0. The molecule has 0 aliphatic rings. The van der Waals surface area contributed by atoms with Gasteiger partial charge in [-0.2, -0.15) is 0 Å². The lowest BCUT2D eigenvalue weighted by molar-refractivity contribution is -0.163. The molecule has 0 aliphatic heterocycles. The van der Waals surface area contributed by atoms with Crippen molar-refractivity contribution in [2.45, 2.75) is 322 Å². The smallest absolute Gasteiger partial charge is 0.306 e. The van der Waals surface area contributed by atoms with Gasteiger partial charge in [-0.3, -0.25) is 9.59 Å². The quantitative estimate of drug-likeness (QED) is 0.0345. The minimum atomic E-state index is -0.542. The molecule has 0 saturated carbocycles. The first kappa shape index (κ1) is 67.6. The largest absolute Gasteiger partial charge is 0.462 e. The normalized spacial score (nSPS) is 12.6. The number of hydrogen-bond acceptors (Lipinski definition) is 5. The first-order valence-corrected chi connectivity index (χ1v) is 30.8. The van der Waals surface area contributed by atoms with Gasteiger partial charge in [0.05, 0.1) is 6.61 Å². The van der Waals surface area contributed by atoms with Gasteiger partial charge in [-0.1, -0.05) is 281 Å². The summed E-state index contributed by atoms with van der Waals surface area (Å²) in [4.78, 5) is 25.6. The summed E-state index contributed by atoms with van der Waals surface area (Å²) in [7, 11) is 0. The predicted molar refractivity (Wildman–Crippen MR) is 307 cm³/mol. The average molecular weight is 980 g/mol. The molecule has 0 fully saturated rings. The van der Waals surface area contributed by atoms with Gasteiger partial charge in [0.2, 0.25) is 0 Å². The molecule has 0 rings (SSSR count). The molecule has 0 aromatic heterocycles. The Morgan fingerprint density at radius 1 is 0.329 bits per heavy atom. The maximum absolute atomic E-state index is 12.9. The Labute approximate surface area is 436 Å². The van der Waals surface area contributed by atoms with Gasteiger partial charge in [0.25, 0.3) is 0 Å². The highest BCUT2D eigenvalue weighted by molar-refractivity contribution is 5.70. The van der Waals surface area contributed by atoms with E-state index in [1.807, 2.05) is 0 Å². The van der Waals surface area contributed by atoms with Crippen molar-refractivity contribution >= 4 is 11.9 Å². The van der Waals surface area contributed by atoms with E-state index in [0.29, 0.717) is 19.4 Å². The highest BCUT2D eigenvalue weighted by Crippen LogP contribution is 2.16. The maximum Gasteiger partial charge on any atom is 0.306 e. The summed E-state index contributed by atoms with van der Waals surface area (Å²) in [6, 6.07) is 0. The van der Waals surface area contributed by atoms with Crippen LogP contribution < -0.4 is 0 Å². The number of ether oxygens (including phenoxy) is 3. The molecule has 1 unspecified atom stereocenters. The van der Waals surface area contributed by atoms with Crippen LogP contribution in [0, 0.1) is 0 Å². The zero-order valence-electron chi connectivity index (χ0n) is 47.0.